The molecule has 1 saturated heterocycles. The van der Waals surface area contributed by atoms with Crippen LogP contribution in [0, 0.1) is 6.92 Å². The van der Waals surface area contributed by atoms with Gasteiger partial charge in [0.1, 0.15) is 0 Å². The first-order valence-electron chi connectivity index (χ1n) is 11.4. The van der Waals surface area contributed by atoms with Gasteiger partial charge in [-0.1, -0.05) is 62.7 Å². The largest absolute Gasteiger partial charge is 0.341 e. The Bertz CT molecular complexity index is 956. The number of amides is 2. The molecular weight excluding hydrogens is 400 g/mol. The summed E-state index contributed by atoms with van der Waals surface area (Å²) in [5, 5.41) is 0. The number of nitrogens with zero attached hydrogens (tertiary/aromatic N) is 2. The second kappa shape index (κ2) is 10.1. The fourth-order valence-corrected chi connectivity index (χ4v) is 3.93. The fraction of sp³-hybridized carbons (Fsp3) is 0.444. The van der Waals surface area contributed by atoms with E-state index in [-0.39, 0.29) is 35.9 Å². The zero-order valence-corrected chi connectivity index (χ0v) is 19.7. The molecular formula is C27H34N2O3. The topological polar surface area (TPSA) is 57.7 Å². The molecule has 0 spiro atoms. The average molecular weight is 435 g/mol. The molecule has 2 aromatic rings. The third kappa shape index (κ3) is 6.06. The molecule has 0 atom stereocenters. The van der Waals surface area contributed by atoms with E-state index in [1.165, 1.54) is 5.56 Å². The van der Waals surface area contributed by atoms with E-state index < -0.39 is 0 Å². The monoisotopic (exact) mass is 434 g/mol. The number of carbonyl (C=O) groups is 3. The number of ketones is 1. The Balaban J connectivity index is 1.52. The third-order valence-electron chi connectivity index (χ3n) is 6.07. The maximum absolute atomic E-state index is 13.0. The van der Waals surface area contributed by atoms with E-state index in [1.54, 1.807) is 4.90 Å². The summed E-state index contributed by atoms with van der Waals surface area (Å²) in [6.07, 6.45) is 1.15. The van der Waals surface area contributed by atoms with E-state index in [9.17, 15) is 14.4 Å². The van der Waals surface area contributed by atoms with E-state index in [0.717, 1.165) is 12.0 Å². The van der Waals surface area contributed by atoms with Crippen LogP contribution in [-0.4, -0.2) is 53.6 Å². The Morgan fingerprint density at radius 3 is 1.94 bits per heavy atom. The van der Waals surface area contributed by atoms with Crippen LogP contribution in [0.15, 0.2) is 48.5 Å². The van der Waals surface area contributed by atoms with Gasteiger partial charge in [0.05, 0.1) is 0 Å². The van der Waals surface area contributed by atoms with Crippen LogP contribution in [0.25, 0.3) is 0 Å². The molecule has 1 aliphatic rings. The molecule has 5 heteroatoms. The molecule has 0 aromatic heterocycles. The summed E-state index contributed by atoms with van der Waals surface area (Å²) >= 11 is 0. The molecule has 32 heavy (non-hydrogen) atoms. The van der Waals surface area contributed by atoms with Crippen LogP contribution >= 0.6 is 0 Å². The van der Waals surface area contributed by atoms with Gasteiger partial charge in [0.25, 0.3) is 5.91 Å². The van der Waals surface area contributed by atoms with Crippen molar-refractivity contribution in [1.82, 2.24) is 9.80 Å². The number of benzene rings is 2. The summed E-state index contributed by atoms with van der Waals surface area (Å²) in [5.74, 6) is -0.0210. The number of aryl methyl sites for hydroxylation is 1. The van der Waals surface area contributed by atoms with Crippen LogP contribution in [0.5, 0.6) is 0 Å². The van der Waals surface area contributed by atoms with E-state index in [4.69, 9.17) is 0 Å². The minimum absolute atomic E-state index is 0.00862. The Morgan fingerprint density at radius 2 is 1.31 bits per heavy atom. The Morgan fingerprint density at radius 1 is 0.750 bits per heavy atom. The normalized spacial score (nSPS) is 14.8. The van der Waals surface area contributed by atoms with Crippen molar-refractivity contribution in [3.8, 4) is 0 Å². The predicted molar refractivity (Wildman–Crippen MR) is 127 cm³/mol. The maximum atomic E-state index is 13.0. The number of carbonyl (C=O) groups excluding carboxylic acids is 3. The molecule has 0 radical (unpaired) electrons. The van der Waals surface area contributed by atoms with Gasteiger partial charge < -0.3 is 9.80 Å². The van der Waals surface area contributed by atoms with Gasteiger partial charge in [-0.05, 0) is 36.5 Å². The highest BCUT2D eigenvalue weighted by Gasteiger charge is 2.24. The Labute approximate surface area is 191 Å². The van der Waals surface area contributed by atoms with Gasteiger partial charge in [0.15, 0.2) is 5.78 Å². The van der Waals surface area contributed by atoms with Crippen molar-refractivity contribution in [1.29, 1.82) is 0 Å². The average Bonchev–Trinajstić information content (AvgIpc) is 3.03. The van der Waals surface area contributed by atoms with Crippen LogP contribution in [0.2, 0.25) is 0 Å². The first-order valence-corrected chi connectivity index (χ1v) is 11.4. The van der Waals surface area contributed by atoms with Crippen molar-refractivity contribution in [3.63, 3.8) is 0 Å². The minimum atomic E-state index is -0.0192. The molecule has 5 nitrogen and oxygen atoms in total. The van der Waals surface area contributed by atoms with Gasteiger partial charge in [0.2, 0.25) is 5.91 Å². The number of rotatable bonds is 5. The summed E-state index contributed by atoms with van der Waals surface area (Å²) in [7, 11) is 0. The molecule has 1 fully saturated rings. The number of Topliss-reactive ketones (excluding diaryl/α,β-unsaturated/α-hetero) is 1. The van der Waals surface area contributed by atoms with Crippen molar-refractivity contribution in [2.24, 2.45) is 0 Å². The molecule has 0 saturated carbocycles. The van der Waals surface area contributed by atoms with Gasteiger partial charge in [-0.3, -0.25) is 14.4 Å². The highest BCUT2D eigenvalue weighted by atomic mass is 16.2. The summed E-state index contributed by atoms with van der Waals surface area (Å²) in [4.78, 5) is 41.6. The second-order valence-electron chi connectivity index (χ2n) is 9.64. The lowest BCUT2D eigenvalue weighted by molar-refractivity contribution is -0.131. The molecule has 1 aliphatic heterocycles. The number of hydrogen-bond acceptors (Lipinski definition) is 3. The molecule has 170 valence electrons. The second-order valence-corrected chi connectivity index (χ2v) is 9.64. The SMILES string of the molecule is Cc1ccc(C(=O)CCC(=O)N2CCCN(C(=O)c3ccc(C(C)(C)C)cc3)CC2)cc1. The van der Waals surface area contributed by atoms with E-state index >= 15 is 0 Å². The van der Waals surface area contributed by atoms with Crippen molar-refractivity contribution < 1.29 is 14.4 Å². The molecule has 0 N–H and O–H groups in total. The Kier molecular flexibility index (Phi) is 7.49. The van der Waals surface area contributed by atoms with Gasteiger partial charge >= 0.3 is 0 Å². The zero-order valence-electron chi connectivity index (χ0n) is 19.7. The molecule has 1 heterocycles. The zero-order chi connectivity index (χ0) is 23.3. The summed E-state index contributed by atoms with van der Waals surface area (Å²) in [5.41, 5.74) is 3.68. The van der Waals surface area contributed by atoms with Gasteiger partial charge in [-0.2, -0.15) is 0 Å². The lowest BCUT2D eigenvalue weighted by Gasteiger charge is -2.23. The lowest BCUT2D eigenvalue weighted by Crippen LogP contribution is -2.37. The van der Waals surface area contributed by atoms with E-state index in [1.807, 2.05) is 60.4 Å². The first-order chi connectivity index (χ1) is 15.1. The fourth-order valence-electron chi connectivity index (χ4n) is 3.93. The standard InChI is InChI=1S/C27H34N2O3/c1-20-6-8-21(9-7-20)24(30)14-15-25(31)28-16-5-17-29(19-18-28)26(32)22-10-12-23(13-11-22)27(2,3)4/h6-13H,5,14-19H2,1-4H3. The molecule has 2 amide bonds. The van der Waals surface area contributed by atoms with E-state index in [0.29, 0.717) is 37.3 Å². The van der Waals surface area contributed by atoms with Crippen LogP contribution < -0.4 is 0 Å². The summed E-state index contributed by atoms with van der Waals surface area (Å²) in [6.45, 7) is 10.7. The molecule has 0 unspecified atom stereocenters. The smallest absolute Gasteiger partial charge is 0.253 e. The minimum Gasteiger partial charge on any atom is -0.341 e. The first kappa shape index (κ1) is 23.7. The van der Waals surface area contributed by atoms with Crippen LogP contribution in [0.1, 0.15) is 71.9 Å². The van der Waals surface area contributed by atoms with E-state index in [2.05, 4.69) is 20.8 Å². The quantitative estimate of drug-likeness (QED) is 0.645. The van der Waals surface area contributed by atoms with Gasteiger partial charge in [-0.15, -0.1) is 0 Å². The van der Waals surface area contributed by atoms with Gasteiger partial charge in [-0.25, -0.2) is 0 Å². The molecule has 0 bridgehead atoms. The van der Waals surface area contributed by atoms with Crippen LogP contribution in [0.4, 0.5) is 0 Å². The highest BCUT2D eigenvalue weighted by molar-refractivity contribution is 5.98. The van der Waals surface area contributed by atoms with Crippen molar-refractivity contribution >= 4 is 17.6 Å². The summed E-state index contributed by atoms with van der Waals surface area (Å²) < 4.78 is 0. The molecule has 2 aromatic carbocycles. The Hall–Kier alpha value is -2.95. The van der Waals surface area contributed by atoms with Gasteiger partial charge in [0, 0.05) is 50.1 Å². The number of hydrogen-bond donors (Lipinski definition) is 0. The highest BCUT2D eigenvalue weighted by Crippen LogP contribution is 2.23. The summed E-state index contributed by atoms with van der Waals surface area (Å²) in [6, 6.07) is 15.3. The molecule has 0 aliphatic carbocycles. The third-order valence-corrected chi connectivity index (χ3v) is 6.07. The van der Waals surface area contributed by atoms with Crippen LogP contribution in [0.3, 0.4) is 0 Å². The molecule has 3 rings (SSSR count). The lowest BCUT2D eigenvalue weighted by atomic mass is 9.86. The van der Waals surface area contributed by atoms with Crippen molar-refractivity contribution in [3.05, 3.63) is 70.8 Å². The predicted octanol–water partition coefficient (Wildman–Crippen LogP) is 4.63. The van der Waals surface area contributed by atoms with Crippen molar-refractivity contribution in [2.45, 2.75) is 52.4 Å². The maximum Gasteiger partial charge on any atom is 0.253 e. The van der Waals surface area contributed by atoms with Crippen molar-refractivity contribution in [2.75, 3.05) is 26.2 Å². The van der Waals surface area contributed by atoms with Crippen LogP contribution in [-0.2, 0) is 10.2 Å².